The Kier molecular flexibility index (Phi) is 28.4. The average Bonchev–Trinajstić information content (AvgIpc) is 0.818. The number of carbonyl (C=O) groups excluding carboxylic acids is 12. The quantitative estimate of drug-likeness (QED) is 0.176. The predicted octanol–water partition coefficient (Wildman–Crippen LogP) is 3.22. The van der Waals surface area contributed by atoms with Gasteiger partial charge < -0.3 is 60.5 Å². The van der Waals surface area contributed by atoms with Crippen molar-refractivity contribution in [1.82, 2.24) is 60.5 Å². The van der Waals surface area contributed by atoms with Gasteiger partial charge in [0.15, 0.2) is 0 Å². The molecular formula is C69H101IN12O12. The summed E-state index contributed by atoms with van der Waals surface area (Å²) >= 11 is 2.11. The van der Waals surface area contributed by atoms with E-state index in [4.69, 9.17) is 6.42 Å². The van der Waals surface area contributed by atoms with Gasteiger partial charge in [0.1, 0.15) is 59.9 Å². The molecule has 0 aliphatic carbocycles. The van der Waals surface area contributed by atoms with Gasteiger partial charge in [0.05, 0.1) is 13.0 Å². The maximum absolute atomic E-state index is 15.1. The first-order valence-electron chi connectivity index (χ1n) is 32.8. The number of piperidine rings is 1. The number of halogens is 1. The Balaban J connectivity index is 1.62. The van der Waals surface area contributed by atoms with E-state index in [2.05, 4.69) is 49.8 Å². The Bertz CT molecular complexity index is 3110. The summed E-state index contributed by atoms with van der Waals surface area (Å²) in [6.07, 6.45) is 7.94. The average molecular weight is 1420 g/mol. The fourth-order valence-electron chi connectivity index (χ4n) is 11.9. The second-order valence-corrected chi connectivity index (χ2v) is 28.2. The summed E-state index contributed by atoms with van der Waals surface area (Å²) in [5.74, 6) is -6.53. The van der Waals surface area contributed by atoms with E-state index >= 15 is 4.79 Å². The minimum Gasteiger partial charge on any atom is -0.342 e. The van der Waals surface area contributed by atoms with Crippen molar-refractivity contribution in [3.63, 3.8) is 0 Å². The SMILES string of the molecule is C#CC[C@@H]1NC(=O)[C@H](Cc2cccc(I)c2)NC(=O)CN(C)C(=O)[C@H](Cc2ccccc2)N(C)C(=O)C2CCN2C(=O)[C@H](C)N(C)C(=O)[C@H]([C@@H](C)CC)NC(=O)[C@H](CC(C)C)N(C)C(=O)C[C@@H](C(=O)N2CCCCC2)N(C)C(=O)[C@H](CC(C)C)NC(=O)C(C)(C)N(C)C1=O. The van der Waals surface area contributed by atoms with E-state index in [1.54, 1.807) is 54.3 Å². The normalized spacial score (nSPS) is 25.9. The van der Waals surface area contributed by atoms with Crippen LogP contribution in [0.1, 0.15) is 131 Å². The van der Waals surface area contributed by atoms with Gasteiger partial charge in [0.2, 0.25) is 70.9 Å². The number of nitrogens with one attached hydrogen (secondary N) is 4. The number of likely N-dealkylation sites (N-methyl/N-ethyl adjacent to an activating group) is 6. The topological polar surface area (TPSA) is 279 Å². The minimum atomic E-state index is -1.75. The van der Waals surface area contributed by atoms with E-state index in [0.717, 1.165) is 24.7 Å². The lowest BCUT2D eigenvalue weighted by Gasteiger charge is -2.45. The second kappa shape index (κ2) is 34.7. The van der Waals surface area contributed by atoms with Gasteiger partial charge in [-0.1, -0.05) is 90.4 Å². The molecular weight excluding hydrogens is 1320 g/mol. The maximum atomic E-state index is 15.1. The summed E-state index contributed by atoms with van der Waals surface area (Å²) in [7, 11) is 8.44. The second-order valence-electron chi connectivity index (χ2n) is 26.9. The number of rotatable bonds is 12. The molecule has 3 fully saturated rings. The highest BCUT2D eigenvalue weighted by molar-refractivity contribution is 14.1. The number of benzene rings is 2. The van der Waals surface area contributed by atoms with Crippen LogP contribution in [-0.2, 0) is 70.4 Å². The molecule has 2 aromatic rings. The van der Waals surface area contributed by atoms with Gasteiger partial charge >= 0.3 is 0 Å². The van der Waals surface area contributed by atoms with Crippen LogP contribution in [0.25, 0.3) is 0 Å². The van der Waals surface area contributed by atoms with Crippen molar-refractivity contribution in [3.8, 4) is 12.3 Å². The highest BCUT2D eigenvalue weighted by Crippen LogP contribution is 2.27. The largest absolute Gasteiger partial charge is 0.342 e. The smallest absolute Gasteiger partial charge is 0.246 e. The fraction of sp³-hybridized carbons (Fsp3) is 0.623. The van der Waals surface area contributed by atoms with Crippen LogP contribution in [0.15, 0.2) is 54.6 Å². The van der Waals surface area contributed by atoms with Crippen molar-refractivity contribution in [2.75, 3.05) is 68.5 Å². The number of terminal acetylenes is 1. The van der Waals surface area contributed by atoms with Crippen molar-refractivity contribution in [2.24, 2.45) is 17.8 Å². The number of amides is 12. The molecule has 516 valence electrons. The van der Waals surface area contributed by atoms with Crippen LogP contribution in [0.4, 0.5) is 0 Å². The lowest BCUT2D eigenvalue weighted by Crippen LogP contribution is -2.65. The molecule has 3 saturated heterocycles. The van der Waals surface area contributed by atoms with Gasteiger partial charge in [0.25, 0.3) is 0 Å². The van der Waals surface area contributed by atoms with Gasteiger partial charge in [-0.05, 0) is 123 Å². The van der Waals surface area contributed by atoms with Crippen LogP contribution >= 0.6 is 22.6 Å². The minimum absolute atomic E-state index is 0.00892. The monoisotopic (exact) mass is 1420 g/mol. The number of likely N-dealkylation sites (tertiary alicyclic amines) is 1. The summed E-state index contributed by atoms with van der Waals surface area (Å²) in [5.41, 5.74) is -0.432. The first kappa shape index (κ1) is 77.1. The molecule has 0 radical (unpaired) electrons. The standard InChI is InChI=1S/C69H101IN12O12/c1-17-26-49-63(89)80(16)69(9,10)68(94)73-51(35-42(3)4)62(88)78(14)55(66(92)81-32-23-20-24-33-81)40-57(84)77(13)53(36-43(5)6)60(86)74-58(44(7)18-2)67(93)76(12)45(8)61(87)82-34-31-52(82)65(91)79(15)54(39-46-27-21-19-22-28-46)64(90)75(11)41-56(83)71-50(59(85)72-49)38-47-29-25-30-48(70)37-47/h1,19,21-22,25,27-30,37,42-45,49-55,58H,18,20,23-24,26,31-36,38-41H2,2-16H3,(H,71,83)(H,72,85)(H,73,94)(H,74,86)/t44-,45-,49-,50-,51-,52?,53-,54-,55-,58-/m0/s1. The van der Waals surface area contributed by atoms with Crippen LogP contribution in [0.3, 0.4) is 0 Å². The summed E-state index contributed by atoms with van der Waals surface area (Å²) in [6, 6.07) is 4.79. The number of fused-ring (bicyclic) bond motifs is 1. The summed E-state index contributed by atoms with van der Waals surface area (Å²) < 4.78 is 0.827. The highest BCUT2D eigenvalue weighted by atomic mass is 127. The molecule has 94 heavy (non-hydrogen) atoms. The Morgan fingerprint density at radius 2 is 1.27 bits per heavy atom. The Morgan fingerprint density at radius 3 is 1.84 bits per heavy atom. The van der Waals surface area contributed by atoms with Gasteiger partial charge in [-0.3, -0.25) is 57.5 Å². The van der Waals surface area contributed by atoms with E-state index in [1.165, 1.54) is 82.7 Å². The van der Waals surface area contributed by atoms with Crippen molar-refractivity contribution in [3.05, 3.63) is 69.3 Å². The van der Waals surface area contributed by atoms with Crippen molar-refractivity contribution >= 4 is 93.5 Å². The van der Waals surface area contributed by atoms with Gasteiger partial charge in [-0.15, -0.1) is 12.3 Å². The van der Waals surface area contributed by atoms with Gasteiger partial charge in [-0.2, -0.15) is 0 Å². The van der Waals surface area contributed by atoms with Crippen LogP contribution in [0, 0.1) is 33.7 Å². The zero-order valence-electron chi connectivity index (χ0n) is 57.7. The molecule has 12 amide bonds. The van der Waals surface area contributed by atoms with E-state index in [0.29, 0.717) is 43.5 Å². The first-order valence-corrected chi connectivity index (χ1v) is 33.8. The number of carbonyl (C=O) groups is 12. The molecule has 1 unspecified atom stereocenters. The molecule has 10 atom stereocenters. The van der Waals surface area contributed by atoms with E-state index < -0.39 is 150 Å². The number of hydrogen-bond acceptors (Lipinski definition) is 12. The molecule has 2 aromatic carbocycles. The van der Waals surface area contributed by atoms with E-state index in [1.807, 2.05) is 46.8 Å². The van der Waals surface area contributed by atoms with E-state index in [9.17, 15) is 52.7 Å². The molecule has 3 aliphatic heterocycles. The van der Waals surface area contributed by atoms with Crippen LogP contribution < -0.4 is 21.3 Å². The third-order valence-electron chi connectivity index (χ3n) is 18.7. The Labute approximate surface area is 569 Å². The summed E-state index contributed by atoms with van der Waals surface area (Å²) in [4.78, 5) is 187. The van der Waals surface area contributed by atoms with Crippen LogP contribution in [-0.4, -0.2) is 238 Å². The summed E-state index contributed by atoms with van der Waals surface area (Å²) in [5, 5.41) is 11.2. The summed E-state index contributed by atoms with van der Waals surface area (Å²) in [6.45, 7) is 15.8. The zero-order chi connectivity index (χ0) is 70.2. The lowest BCUT2D eigenvalue weighted by molar-refractivity contribution is -0.160. The third-order valence-corrected chi connectivity index (χ3v) is 19.4. The fourth-order valence-corrected chi connectivity index (χ4v) is 12.5. The molecule has 0 bridgehead atoms. The zero-order valence-corrected chi connectivity index (χ0v) is 59.8. The maximum Gasteiger partial charge on any atom is 0.246 e. The molecule has 3 aliphatic rings. The molecule has 5 rings (SSSR count). The van der Waals surface area contributed by atoms with Gasteiger partial charge in [-0.25, -0.2) is 0 Å². The first-order chi connectivity index (χ1) is 44.2. The number of nitrogens with zero attached hydrogens (tertiary/aromatic N) is 8. The van der Waals surface area contributed by atoms with Crippen LogP contribution in [0.2, 0.25) is 0 Å². The molecule has 3 heterocycles. The van der Waals surface area contributed by atoms with Crippen molar-refractivity contribution in [1.29, 1.82) is 0 Å². The lowest BCUT2D eigenvalue weighted by atomic mass is 9.94. The molecule has 0 saturated carbocycles. The van der Waals surface area contributed by atoms with Crippen molar-refractivity contribution < 1.29 is 57.5 Å². The molecule has 4 N–H and O–H groups in total. The Hall–Kier alpha value is -7.63. The Morgan fingerprint density at radius 1 is 0.638 bits per heavy atom. The number of hydrogen-bond donors (Lipinski definition) is 4. The third kappa shape index (κ3) is 19.7. The van der Waals surface area contributed by atoms with Gasteiger partial charge in [0, 0.05) is 84.8 Å². The van der Waals surface area contributed by atoms with E-state index in [-0.39, 0.29) is 56.9 Å². The highest BCUT2D eigenvalue weighted by Gasteiger charge is 2.47. The molecule has 0 aromatic heterocycles. The van der Waals surface area contributed by atoms with Crippen molar-refractivity contribution in [2.45, 2.75) is 193 Å². The molecule has 24 nitrogen and oxygen atoms in total. The molecule has 0 spiro atoms. The van der Waals surface area contributed by atoms with Crippen LogP contribution in [0.5, 0.6) is 0 Å². The molecule has 25 heteroatoms. The predicted molar refractivity (Wildman–Crippen MR) is 364 cm³/mol.